The number of thioether (sulfide) groups is 1. The first-order valence-electron chi connectivity index (χ1n) is 11.4. The Labute approximate surface area is 232 Å². The number of carbonyl (C=O) groups is 2. The van der Waals surface area contributed by atoms with Crippen LogP contribution in [0.3, 0.4) is 0 Å². The van der Waals surface area contributed by atoms with E-state index in [9.17, 15) is 14.0 Å². The van der Waals surface area contributed by atoms with E-state index in [0.717, 1.165) is 5.56 Å². The van der Waals surface area contributed by atoms with Gasteiger partial charge in [0, 0.05) is 23.0 Å². The second-order valence-corrected chi connectivity index (χ2v) is 10.5. The number of thiophene rings is 1. The predicted molar refractivity (Wildman–Crippen MR) is 147 cm³/mol. The molecule has 4 rings (SSSR count). The molecule has 0 saturated heterocycles. The van der Waals surface area contributed by atoms with E-state index >= 15 is 0 Å². The molecule has 198 valence electrons. The van der Waals surface area contributed by atoms with Gasteiger partial charge in [-0.3, -0.25) is 4.79 Å². The average Bonchev–Trinajstić information content (AvgIpc) is 3.48. The fourth-order valence-electron chi connectivity index (χ4n) is 3.64. The van der Waals surface area contributed by atoms with Crippen molar-refractivity contribution in [3.8, 4) is 16.9 Å². The maximum Gasteiger partial charge on any atom is 0.341 e. The molecule has 38 heavy (non-hydrogen) atoms. The minimum atomic E-state index is -0.601. The number of ether oxygens (including phenoxy) is 2. The first kappa shape index (κ1) is 27.6. The second-order valence-electron chi connectivity index (χ2n) is 8.26. The van der Waals surface area contributed by atoms with E-state index < -0.39 is 12.1 Å². The lowest BCUT2D eigenvalue weighted by Crippen LogP contribution is -2.16. The van der Waals surface area contributed by atoms with Gasteiger partial charge in [-0.2, -0.15) is 0 Å². The van der Waals surface area contributed by atoms with Crippen molar-refractivity contribution in [3.05, 3.63) is 75.6 Å². The fourth-order valence-corrected chi connectivity index (χ4v) is 5.45. The lowest BCUT2D eigenvalue weighted by Gasteiger charge is -2.15. The molecule has 2 heterocycles. The van der Waals surface area contributed by atoms with Crippen LogP contribution in [0, 0.1) is 12.7 Å². The maximum absolute atomic E-state index is 13.4. The number of aromatic nitrogens is 3. The molecule has 0 aliphatic carbocycles. The van der Waals surface area contributed by atoms with E-state index in [1.54, 1.807) is 41.3 Å². The number of amides is 1. The van der Waals surface area contributed by atoms with E-state index in [2.05, 4.69) is 15.5 Å². The number of hydrogen-bond acceptors (Lipinski definition) is 8. The first-order valence-corrected chi connectivity index (χ1v) is 13.6. The number of halogens is 2. The van der Waals surface area contributed by atoms with Crippen LogP contribution in [0.25, 0.3) is 11.1 Å². The van der Waals surface area contributed by atoms with Crippen molar-refractivity contribution in [2.45, 2.75) is 25.1 Å². The Hall–Kier alpha value is -3.41. The summed E-state index contributed by atoms with van der Waals surface area (Å²) in [6.07, 6.45) is -0.394. The monoisotopic (exact) mass is 574 g/mol. The third-order valence-corrected chi connectivity index (χ3v) is 7.94. The van der Waals surface area contributed by atoms with Gasteiger partial charge in [0.05, 0.1) is 12.9 Å². The summed E-state index contributed by atoms with van der Waals surface area (Å²) in [5.74, 6) is -0.0391. The zero-order valence-electron chi connectivity index (χ0n) is 21.0. The largest absolute Gasteiger partial charge is 0.483 e. The van der Waals surface area contributed by atoms with Gasteiger partial charge in [0.15, 0.2) is 17.1 Å². The number of hydrogen-bond donors (Lipinski definition) is 1. The van der Waals surface area contributed by atoms with Crippen LogP contribution in [0.15, 0.2) is 53.0 Å². The van der Waals surface area contributed by atoms with Crippen LogP contribution in [0.1, 0.15) is 34.8 Å². The molecule has 0 saturated carbocycles. The summed E-state index contributed by atoms with van der Waals surface area (Å²) >= 11 is 8.48. The normalized spacial score (nSPS) is 11.7. The van der Waals surface area contributed by atoms with Crippen LogP contribution >= 0.6 is 34.7 Å². The SMILES string of the molecule is COC(=O)c1c(-c2ccc(F)cc2)csc1NC(=O)CSc1nnc(C(C)Oc2ccc(Cl)c(C)c2)n1C. The summed E-state index contributed by atoms with van der Waals surface area (Å²) in [5.41, 5.74) is 2.30. The number of anilines is 1. The molecule has 1 unspecified atom stereocenters. The Bertz CT molecular complexity index is 1470. The van der Waals surface area contributed by atoms with Crippen LogP contribution < -0.4 is 10.1 Å². The second kappa shape index (κ2) is 12.0. The molecule has 0 radical (unpaired) electrons. The van der Waals surface area contributed by atoms with Crippen molar-refractivity contribution >= 4 is 51.6 Å². The van der Waals surface area contributed by atoms with E-state index in [1.165, 1.54) is 42.3 Å². The van der Waals surface area contributed by atoms with Gasteiger partial charge < -0.3 is 19.4 Å². The molecule has 2 aromatic carbocycles. The Morgan fingerprint density at radius 1 is 1.21 bits per heavy atom. The van der Waals surface area contributed by atoms with Crippen molar-refractivity contribution in [2.24, 2.45) is 7.05 Å². The molecule has 0 aliphatic heterocycles. The molecule has 12 heteroatoms. The van der Waals surface area contributed by atoms with E-state index in [4.69, 9.17) is 21.1 Å². The standard InChI is InChI=1S/C26H24ClFN4O4S2/c1-14-11-18(9-10-20(14)27)36-15(2)23-30-31-26(32(23)3)38-13-21(33)29-24-22(25(34)35-4)19(12-37-24)16-5-7-17(28)8-6-16/h5-12,15H,13H2,1-4H3,(H,29,33). The molecular formula is C26H24ClFN4O4S2. The highest BCUT2D eigenvalue weighted by molar-refractivity contribution is 7.99. The summed E-state index contributed by atoms with van der Waals surface area (Å²) in [4.78, 5) is 25.3. The summed E-state index contributed by atoms with van der Waals surface area (Å²) in [5, 5.41) is 14.5. The van der Waals surface area contributed by atoms with Gasteiger partial charge in [-0.1, -0.05) is 35.5 Å². The Morgan fingerprint density at radius 2 is 1.95 bits per heavy atom. The van der Waals surface area contributed by atoms with E-state index in [-0.39, 0.29) is 23.0 Å². The predicted octanol–water partition coefficient (Wildman–Crippen LogP) is 6.30. The fraction of sp³-hybridized carbons (Fsp3) is 0.231. The minimum Gasteiger partial charge on any atom is -0.483 e. The number of esters is 1. The molecule has 0 bridgehead atoms. The van der Waals surface area contributed by atoms with Gasteiger partial charge in [0.25, 0.3) is 0 Å². The molecule has 1 amide bonds. The van der Waals surface area contributed by atoms with Crippen LogP contribution in [-0.4, -0.2) is 39.5 Å². The van der Waals surface area contributed by atoms with Crippen LogP contribution in [0.5, 0.6) is 5.75 Å². The summed E-state index contributed by atoms with van der Waals surface area (Å²) in [6, 6.07) is 11.2. The molecule has 1 N–H and O–H groups in total. The number of methoxy groups -OCH3 is 1. The molecule has 0 spiro atoms. The van der Waals surface area contributed by atoms with Crippen molar-refractivity contribution in [3.63, 3.8) is 0 Å². The highest BCUT2D eigenvalue weighted by Crippen LogP contribution is 2.36. The Morgan fingerprint density at radius 3 is 2.63 bits per heavy atom. The van der Waals surface area contributed by atoms with E-state index in [0.29, 0.717) is 37.9 Å². The lowest BCUT2D eigenvalue weighted by atomic mass is 10.0. The van der Waals surface area contributed by atoms with Crippen molar-refractivity contribution in [1.29, 1.82) is 0 Å². The number of nitrogens with one attached hydrogen (secondary N) is 1. The Balaban J connectivity index is 1.42. The molecular weight excluding hydrogens is 551 g/mol. The van der Waals surface area contributed by atoms with Crippen molar-refractivity contribution in [2.75, 3.05) is 18.2 Å². The minimum absolute atomic E-state index is 0.0297. The summed E-state index contributed by atoms with van der Waals surface area (Å²) < 4.78 is 26.0. The molecule has 1 atom stereocenters. The highest BCUT2D eigenvalue weighted by Gasteiger charge is 2.23. The number of aryl methyl sites for hydroxylation is 1. The van der Waals surface area contributed by atoms with Crippen LogP contribution in [0.4, 0.5) is 9.39 Å². The number of nitrogens with zero attached hydrogens (tertiary/aromatic N) is 3. The van der Waals surface area contributed by atoms with Crippen LogP contribution in [-0.2, 0) is 16.6 Å². The zero-order chi connectivity index (χ0) is 27.4. The van der Waals surface area contributed by atoms with E-state index in [1.807, 2.05) is 19.9 Å². The average molecular weight is 575 g/mol. The molecule has 8 nitrogen and oxygen atoms in total. The molecule has 0 fully saturated rings. The summed E-state index contributed by atoms with van der Waals surface area (Å²) in [6.45, 7) is 3.76. The van der Waals surface area contributed by atoms with Gasteiger partial charge in [-0.05, 0) is 55.3 Å². The van der Waals surface area contributed by atoms with Gasteiger partial charge in [0.2, 0.25) is 5.91 Å². The van der Waals surface area contributed by atoms with Gasteiger partial charge in [0.1, 0.15) is 22.1 Å². The van der Waals surface area contributed by atoms with Crippen molar-refractivity contribution in [1.82, 2.24) is 14.8 Å². The lowest BCUT2D eigenvalue weighted by molar-refractivity contribution is -0.113. The van der Waals surface area contributed by atoms with Crippen LogP contribution in [0.2, 0.25) is 5.02 Å². The molecule has 0 aliphatic rings. The topological polar surface area (TPSA) is 95.3 Å². The molecule has 4 aromatic rings. The quantitative estimate of drug-likeness (QED) is 0.185. The Kier molecular flexibility index (Phi) is 8.70. The summed E-state index contributed by atoms with van der Waals surface area (Å²) in [7, 11) is 3.06. The van der Waals surface area contributed by atoms with Gasteiger partial charge in [-0.25, -0.2) is 9.18 Å². The molecule has 2 aromatic heterocycles. The maximum atomic E-state index is 13.4. The van der Waals surface area contributed by atoms with Crippen molar-refractivity contribution < 1.29 is 23.5 Å². The highest BCUT2D eigenvalue weighted by atomic mass is 35.5. The third-order valence-electron chi connectivity index (χ3n) is 5.60. The number of benzene rings is 2. The third kappa shape index (κ3) is 6.17. The van der Waals surface area contributed by atoms with Gasteiger partial charge >= 0.3 is 5.97 Å². The first-order chi connectivity index (χ1) is 18.2. The number of carbonyl (C=O) groups excluding carboxylic acids is 2. The smallest absolute Gasteiger partial charge is 0.341 e. The zero-order valence-corrected chi connectivity index (χ0v) is 23.3. The number of rotatable bonds is 9. The van der Waals surface area contributed by atoms with Gasteiger partial charge in [-0.15, -0.1) is 21.5 Å².